The van der Waals surface area contributed by atoms with Gasteiger partial charge in [-0.2, -0.15) is 0 Å². The zero-order valence-electron chi connectivity index (χ0n) is 12.8. The number of amides is 2. The standard InChI is InChI=1S/C15H16ClN5O2/c1-9-13(18-19-20(9)2)17-14(22)12-6-7-21(15(12)23)11-5-3-4-10(16)8-11/h3-5,8,12H,6-7H2,1-2H3,(H,17,22). The maximum atomic E-state index is 12.5. The Balaban J connectivity index is 1.74. The van der Waals surface area contributed by atoms with Crippen LogP contribution in [0, 0.1) is 12.8 Å². The second kappa shape index (κ2) is 6.00. The summed E-state index contributed by atoms with van der Waals surface area (Å²) in [6, 6.07) is 7.04. The van der Waals surface area contributed by atoms with Crippen molar-refractivity contribution in [3.63, 3.8) is 0 Å². The van der Waals surface area contributed by atoms with Crippen LogP contribution in [-0.4, -0.2) is 33.4 Å². The molecule has 120 valence electrons. The number of anilines is 2. The van der Waals surface area contributed by atoms with Crippen molar-refractivity contribution in [3.8, 4) is 0 Å². The summed E-state index contributed by atoms with van der Waals surface area (Å²) in [7, 11) is 1.74. The first-order valence-corrected chi connectivity index (χ1v) is 7.59. The predicted molar refractivity (Wildman–Crippen MR) is 86.3 cm³/mol. The molecule has 3 rings (SSSR count). The van der Waals surface area contributed by atoms with Crippen LogP contribution in [-0.2, 0) is 16.6 Å². The third-order valence-corrected chi connectivity index (χ3v) is 4.23. The Hall–Kier alpha value is -2.41. The molecule has 0 radical (unpaired) electrons. The second-order valence-electron chi connectivity index (χ2n) is 5.45. The van der Waals surface area contributed by atoms with Crippen LogP contribution < -0.4 is 10.2 Å². The molecule has 7 nitrogen and oxygen atoms in total. The van der Waals surface area contributed by atoms with Gasteiger partial charge in [-0.05, 0) is 31.5 Å². The fourth-order valence-corrected chi connectivity index (χ4v) is 2.73. The van der Waals surface area contributed by atoms with E-state index in [4.69, 9.17) is 11.6 Å². The van der Waals surface area contributed by atoms with Gasteiger partial charge in [-0.1, -0.05) is 22.9 Å². The van der Waals surface area contributed by atoms with Crippen LogP contribution in [0.1, 0.15) is 12.1 Å². The zero-order chi connectivity index (χ0) is 16.6. The monoisotopic (exact) mass is 333 g/mol. The Morgan fingerprint density at radius 3 is 2.87 bits per heavy atom. The van der Waals surface area contributed by atoms with E-state index in [1.165, 1.54) is 0 Å². The van der Waals surface area contributed by atoms with Gasteiger partial charge < -0.3 is 10.2 Å². The summed E-state index contributed by atoms with van der Waals surface area (Å²) in [5.41, 5.74) is 1.43. The molecule has 2 aromatic rings. The van der Waals surface area contributed by atoms with Crippen molar-refractivity contribution in [2.45, 2.75) is 13.3 Å². The Morgan fingerprint density at radius 1 is 1.43 bits per heavy atom. The normalized spacial score (nSPS) is 17.6. The van der Waals surface area contributed by atoms with Crippen LogP contribution in [0.4, 0.5) is 11.5 Å². The SMILES string of the molecule is Cc1c(NC(=O)C2CCN(c3cccc(Cl)c3)C2=O)nnn1C. The molecular weight excluding hydrogens is 318 g/mol. The lowest BCUT2D eigenvalue weighted by atomic mass is 10.1. The van der Waals surface area contributed by atoms with Crippen LogP contribution in [0.2, 0.25) is 5.02 Å². The maximum Gasteiger partial charge on any atom is 0.239 e. The zero-order valence-corrected chi connectivity index (χ0v) is 13.5. The number of nitrogens with one attached hydrogen (secondary N) is 1. The van der Waals surface area contributed by atoms with Crippen molar-refractivity contribution < 1.29 is 9.59 Å². The molecule has 1 aliphatic heterocycles. The summed E-state index contributed by atoms with van der Waals surface area (Å²) < 4.78 is 1.56. The Morgan fingerprint density at radius 2 is 2.22 bits per heavy atom. The van der Waals surface area contributed by atoms with Gasteiger partial charge in [0.05, 0.1) is 5.69 Å². The van der Waals surface area contributed by atoms with Gasteiger partial charge in [0.1, 0.15) is 5.92 Å². The van der Waals surface area contributed by atoms with Gasteiger partial charge in [0.25, 0.3) is 0 Å². The predicted octanol–water partition coefficient (Wildman–Crippen LogP) is 1.77. The highest BCUT2D eigenvalue weighted by Gasteiger charge is 2.38. The average Bonchev–Trinajstić information content (AvgIpc) is 3.05. The van der Waals surface area contributed by atoms with Gasteiger partial charge in [0.2, 0.25) is 11.8 Å². The lowest BCUT2D eigenvalue weighted by Crippen LogP contribution is -2.33. The molecule has 23 heavy (non-hydrogen) atoms. The molecule has 1 saturated heterocycles. The number of hydrogen-bond acceptors (Lipinski definition) is 4. The molecule has 1 aliphatic rings. The molecule has 2 heterocycles. The van der Waals surface area contributed by atoms with Gasteiger partial charge >= 0.3 is 0 Å². The van der Waals surface area contributed by atoms with E-state index in [-0.39, 0.29) is 11.8 Å². The first-order chi connectivity index (χ1) is 11.0. The first-order valence-electron chi connectivity index (χ1n) is 7.21. The number of aromatic nitrogens is 3. The minimum absolute atomic E-state index is 0.230. The number of carbonyl (C=O) groups is 2. The molecule has 0 spiro atoms. The molecule has 1 aromatic carbocycles. The van der Waals surface area contributed by atoms with Crippen LogP contribution in [0.3, 0.4) is 0 Å². The number of benzene rings is 1. The summed E-state index contributed by atoms with van der Waals surface area (Å²) in [6.45, 7) is 2.28. The molecule has 1 aromatic heterocycles. The summed E-state index contributed by atoms with van der Waals surface area (Å²) in [5, 5.41) is 10.9. The molecule has 0 aliphatic carbocycles. The molecule has 1 fully saturated rings. The van der Waals surface area contributed by atoms with Crippen LogP contribution in [0.25, 0.3) is 0 Å². The van der Waals surface area contributed by atoms with E-state index in [1.54, 1.807) is 47.8 Å². The summed E-state index contributed by atoms with van der Waals surface area (Å²) in [5.74, 6) is -0.934. The minimum atomic E-state index is -0.726. The minimum Gasteiger partial charge on any atom is -0.312 e. The van der Waals surface area contributed by atoms with Gasteiger partial charge in [0.15, 0.2) is 5.82 Å². The summed E-state index contributed by atoms with van der Waals surface area (Å²) >= 11 is 5.96. The topological polar surface area (TPSA) is 80.1 Å². The number of carbonyl (C=O) groups excluding carboxylic acids is 2. The van der Waals surface area contributed by atoms with Crippen molar-refractivity contribution in [2.24, 2.45) is 13.0 Å². The molecule has 1 unspecified atom stereocenters. The fraction of sp³-hybridized carbons (Fsp3) is 0.333. The Kier molecular flexibility index (Phi) is 4.04. The summed E-state index contributed by atoms with van der Waals surface area (Å²) in [4.78, 5) is 26.5. The highest BCUT2D eigenvalue weighted by Crippen LogP contribution is 2.28. The molecule has 1 atom stereocenters. The van der Waals surface area contributed by atoms with Gasteiger partial charge in [0, 0.05) is 24.3 Å². The second-order valence-corrected chi connectivity index (χ2v) is 5.88. The maximum absolute atomic E-state index is 12.5. The molecule has 8 heteroatoms. The fourth-order valence-electron chi connectivity index (χ4n) is 2.55. The largest absolute Gasteiger partial charge is 0.312 e. The van der Waals surface area contributed by atoms with E-state index < -0.39 is 5.92 Å². The molecule has 0 saturated carbocycles. The van der Waals surface area contributed by atoms with Crippen molar-refractivity contribution in [1.82, 2.24) is 15.0 Å². The lowest BCUT2D eigenvalue weighted by molar-refractivity contribution is -0.129. The number of aryl methyl sites for hydroxylation is 1. The quantitative estimate of drug-likeness (QED) is 0.868. The summed E-state index contributed by atoms with van der Waals surface area (Å²) in [6.07, 6.45) is 0.455. The average molecular weight is 334 g/mol. The van der Waals surface area contributed by atoms with E-state index in [0.717, 1.165) is 5.69 Å². The highest BCUT2D eigenvalue weighted by atomic mass is 35.5. The molecular formula is C15H16ClN5O2. The van der Waals surface area contributed by atoms with E-state index in [2.05, 4.69) is 15.6 Å². The van der Waals surface area contributed by atoms with Crippen LogP contribution in [0.15, 0.2) is 24.3 Å². The third kappa shape index (κ3) is 2.92. The van der Waals surface area contributed by atoms with Gasteiger partial charge in [-0.25, -0.2) is 0 Å². The smallest absolute Gasteiger partial charge is 0.239 e. The number of hydrogen-bond donors (Lipinski definition) is 1. The molecule has 0 bridgehead atoms. The lowest BCUT2D eigenvalue weighted by Gasteiger charge is -2.16. The molecule has 1 N–H and O–H groups in total. The van der Waals surface area contributed by atoms with Crippen LogP contribution >= 0.6 is 11.6 Å². The van der Waals surface area contributed by atoms with E-state index in [1.807, 2.05) is 0 Å². The Bertz CT molecular complexity index is 773. The van der Waals surface area contributed by atoms with E-state index in [9.17, 15) is 9.59 Å². The third-order valence-electron chi connectivity index (χ3n) is 3.99. The van der Waals surface area contributed by atoms with Crippen molar-refractivity contribution >= 4 is 34.9 Å². The number of nitrogens with zero attached hydrogens (tertiary/aromatic N) is 4. The van der Waals surface area contributed by atoms with Gasteiger partial charge in [-0.15, -0.1) is 5.10 Å². The van der Waals surface area contributed by atoms with E-state index >= 15 is 0 Å². The molecule has 2 amide bonds. The van der Waals surface area contributed by atoms with Crippen molar-refractivity contribution in [2.75, 3.05) is 16.8 Å². The highest BCUT2D eigenvalue weighted by molar-refractivity contribution is 6.31. The van der Waals surface area contributed by atoms with Gasteiger partial charge in [-0.3, -0.25) is 14.3 Å². The van der Waals surface area contributed by atoms with Crippen molar-refractivity contribution in [1.29, 1.82) is 0 Å². The van der Waals surface area contributed by atoms with Crippen molar-refractivity contribution in [3.05, 3.63) is 35.0 Å². The number of rotatable bonds is 3. The number of halogens is 1. The first kappa shape index (κ1) is 15.5. The van der Waals surface area contributed by atoms with E-state index in [0.29, 0.717) is 29.5 Å². The Labute approximate surface area is 138 Å². The van der Waals surface area contributed by atoms with Crippen LogP contribution in [0.5, 0.6) is 0 Å².